The van der Waals surface area contributed by atoms with Gasteiger partial charge >= 0.3 is 0 Å². The van der Waals surface area contributed by atoms with Crippen molar-refractivity contribution in [2.45, 2.75) is 6.92 Å². The van der Waals surface area contributed by atoms with Gasteiger partial charge in [-0.25, -0.2) is 0 Å². The molecule has 3 aromatic rings. The highest BCUT2D eigenvalue weighted by Crippen LogP contribution is 2.37. The van der Waals surface area contributed by atoms with Crippen LogP contribution in [0, 0.1) is 6.92 Å². The Hall–Kier alpha value is -2.40. The van der Waals surface area contributed by atoms with Crippen molar-refractivity contribution in [1.82, 2.24) is 10.3 Å². The maximum Gasteiger partial charge on any atom is 0.261 e. The zero-order chi connectivity index (χ0) is 14.8. The van der Waals surface area contributed by atoms with E-state index in [2.05, 4.69) is 10.3 Å². The van der Waals surface area contributed by atoms with Gasteiger partial charge in [0.05, 0.1) is 15.8 Å². The molecule has 0 fully saturated rings. The molecule has 2 aromatic heterocycles. The van der Waals surface area contributed by atoms with Gasteiger partial charge in [0.15, 0.2) is 5.75 Å². The lowest BCUT2D eigenvalue weighted by molar-refractivity contribution is 0.0966. The second-order valence-corrected chi connectivity index (χ2v) is 5.61. The van der Waals surface area contributed by atoms with Gasteiger partial charge in [-0.3, -0.25) is 9.78 Å². The molecule has 1 aromatic carbocycles. The fourth-order valence-corrected chi connectivity index (χ4v) is 3.33. The Morgan fingerprint density at radius 2 is 2.00 bits per heavy atom. The van der Waals surface area contributed by atoms with E-state index in [1.54, 1.807) is 19.4 Å². The minimum Gasteiger partial charge on any atom is -0.455 e. The van der Waals surface area contributed by atoms with Crippen LogP contribution in [0.5, 0.6) is 11.5 Å². The number of hydrogen-bond acceptors (Lipinski definition) is 4. The first-order valence-corrected chi connectivity index (χ1v) is 7.34. The minimum absolute atomic E-state index is 0.0839. The number of hydrogen-bond donors (Lipinski definition) is 1. The van der Waals surface area contributed by atoms with Crippen LogP contribution in [0.2, 0.25) is 0 Å². The van der Waals surface area contributed by atoms with E-state index in [0.717, 1.165) is 21.4 Å². The number of rotatable bonds is 3. The molecule has 3 rings (SSSR count). The number of fused-ring (bicyclic) bond motifs is 1. The first-order valence-electron chi connectivity index (χ1n) is 6.53. The number of pyridine rings is 1. The van der Waals surface area contributed by atoms with Crippen LogP contribution >= 0.6 is 11.3 Å². The topological polar surface area (TPSA) is 51.2 Å². The average molecular weight is 298 g/mol. The number of nitrogens with one attached hydrogen (secondary N) is 1. The summed E-state index contributed by atoms with van der Waals surface area (Å²) in [6.07, 6.45) is 3.44. The molecule has 0 spiro atoms. The number of aromatic nitrogens is 1. The number of benzene rings is 1. The van der Waals surface area contributed by atoms with Crippen LogP contribution in [-0.2, 0) is 0 Å². The van der Waals surface area contributed by atoms with E-state index in [1.165, 1.54) is 11.3 Å². The highest BCUT2D eigenvalue weighted by Gasteiger charge is 2.18. The van der Waals surface area contributed by atoms with Crippen LogP contribution in [-0.4, -0.2) is 17.9 Å². The summed E-state index contributed by atoms with van der Waals surface area (Å²) in [5.74, 6) is 1.33. The average Bonchev–Trinajstić information content (AvgIpc) is 2.86. The Bertz CT molecular complexity index is 797. The van der Waals surface area contributed by atoms with Crippen molar-refractivity contribution in [3.63, 3.8) is 0 Å². The third-order valence-electron chi connectivity index (χ3n) is 3.21. The summed E-state index contributed by atoms with van der Waals surface area (Å²) in [4.78, 5) is 16.8. The van der Waals surface area contributed by atoms with Crippen molar-refractivity contribution < 1.29 is 9.53 Å². The van der Waals surface area contributed by atoms with Crippen LogP contribution in [0.25, 0.3) is 10.1 Å². The Labute approximate surface area is 126 Å². The van der Waals surface area contributed by atoms with Gasteiger partial charge in [-0.05, 0) is 24.6 Å². The molecular weight excluding hydrogens is 284 g/mol. The summed E-state index contributed by atoms with van der Waals surface area (Å²) in [5, 5.41) is 3.60. The highest BCUT2D eigenvalue weighted by molar-refractivity contribution is 7.21. The number of ether oxygens (including phenoxy) is 1. The largest absolute Gasteiger partial charge is 0.455 e. The lowest BCUT2D eigenvalue weighted by Crippen LogP contribution is -2.17. The van der Waals surface area contributed by atoms with Crippen molar-refractivity contribution in [3.05, 3.63) is 53.2 Å². The summed E-state index contributed by atoms with van der Waals surface area (Å²) in [7, 11) is 1.63. The SMILES string of the molecule is CNC(=O)c1sc2cncc(Oc3ccccc3)c2c1C. The van der Waals surface area contributed by atoms with Gasteiger partial charge in [-0.2, -0.15) is 0 Å². The lowest BCUT2D eigenvalue weighted by Gasteiger charge is -2.07. The van der Waals surface area contributed by atoms with Crippen molar-refractivity contribution in [2.75, 3.05) is 7.05 Å². The van der Waals surface area contributed by atoms with Crippen LogP contribution in [0.1, 0.15) is 15.2 Å². The Morgan fingerprint density at radius 3 is 2.71 bits per heavy atom. The molecule has 0 atom stereocenters. The van der Waals surface area contributed by atoms with Crippen molar-refractivity contribution in [3.8, 4) is 11.5 Å². The van der Waals surface area contributed by atoms with E-state index in [9.17, 15) is 4.79 Å². The fraction of sp³-hybridized carbons (Fsp3) is 0.125. The molecule has 0 saturated carbocycles. The molecule has 4 nitrogen and oxygen atoms in total. The lowest BCUT2D eigenvalue weighted by atomic mass is 10.1. The third-order valence-corrected chi connectivity index (χ3v) is 4.43. The molecule has 1 amide bonds. The first-order chi connectivity index (χ1) is 10.2. The number of carbonyl (C=O) groups excluding carboxylic acids is 1. The third kappa shape index (κ3) is 2.48. The van der Waals surface area contributed by atoms with Crippen LogP contribution in [0.4, 0.5) is 0 Å². The van der Waals surface area contributed by atoms with Crippen LogP contribution in [0.3, 0.4) is 0 Å². The Balaban J connectivity index is 2.11. The van der Waals surface area contributed by atoms with Gasteiger partial charge in [0.1, 0.15) is 5.75 Å². The zero-order valence-corrected chi connectivity index (χ0v) is 12.5. The van der Waals surface area contributed by atoms with Crippen LogP contribution < -0.4 is 10.1 Å². The van der Waals surface area contributed by atoms with Gasteiger partial charge in [0.2, 0.25) is 0 Å². The molecule has 2 heterocycles. The zero-order valence-electron chi connectivity index (χ0n) is 11.7. The Morgan fingerprint density at radius 1 is 1.24 bits per heavy atom. The predicted octanol–water partition coefficient (Wildman–Crippen LogP) is 3.76. The van der Waals surface area contributed by atoms with Crippen molar-refractivity contribution in [1.29, 1.82) is 0 Å². The molecule has 0 radical (unpaired) electrons. The number of amides is 1. The summed E-state index contributed by atoms with van der Waals surface area (Å²) >= 11 is 1.43. The second-order valence-electron chi connectivity index (χ2n) is 4.56. The first kappa shape index (κ1) is 13.6. The van der Waals surface area contributed by atoms with Crippen molar-refractivity contribution in [2.24, 2.45) is 0 Å². The highest BCUT2D eigenvalue weighted by atomic mass is 32.1. The number of carbonyl (C=O) groups is 1. The number of thiophene rings is 1. The molecule has 0 aliphatic carbocycles. The van der Waals surface area contributed by atoms with E-state index in [0.29, 0.717) is 10.6 Å². The normalized spacial score (nSPS) is 10.6. The summed E-state index contributed by atoms with van der Waals surface area (Å²) in [6, 6.07) is 9.55. The van der Waals surface area contributed by atoms with E-state index in [1.807, 2.05) is 37.3 Å². The second kappa shape index (κ2) is 5.54. The van der Waals surface area contributed by atoms with E-state index < -0.39 is 0 Å². The van der Waals surface area contributed by atoms with Gasteiger partial charge < -0.3 is 10.1 Å². The predicted molar refractivity (Wildman–Crippen MR) is 84.3 cm³/mol. The van der Waals surface area contributed by atoms with E-state index >= 15 is 0 Å². The van der Waals surface area contributed by atoms with Gasteiger partial charge in [0, 0.05) is 18.6 Å². The monoisotopic (exact) mass is 298 g/mol. The number of para-hydroxylation sites is 1. The quantitative estimate of drug-likeness (QED) is 0.801. The molecule has 0 unspecified atom stereocenters. The molecule has 21 heavy (non-hydrogen) atoms. The summed E-state index contributed by atoms with van der Waals surface area (Å²) in [6.45, 7) is 1.93. The standard InChI is InChI=1S/C16H14N2O2S/c1-10-14-12(20-11-6-4-3-5-7-11)8-18-9-13(14)21-15(10)16(19)17-2/h3-9H,1-2H3,(H,17,19). The molecule has 1 N–H and O–H groups in total. The number of aryl methyl sites for hydroxylation is 1. The van der Waals surface area contributed by atoms with Crippen molar-refractivity contribution >= 4 is 27.3 Å². The maximum absolute atomic E-state index is 11.9. The molecular formula is C16H14N2O2S. The maximum atomic E-state index is 11.9. The van der Waals surface area contributed by atoms with E-state index in [-0.39, 0.29) is 5.91 Å². The smallest absolute Gasteiger partial charge is 0.261 e. The molecule has 0 saturated heterocycles. The summed E-state index contributed by atoms with van der Waals surface area (Å²) < 4.78 is 6.86. The molecule has 0 bridgehead atoms. The minimum atomic E-state index is -0.0839. The number of nitrogens with zero attached hydrogens (tertiary/aromatic N) is 1. The van der Waals surface area contributed by atoms with Gasteiger partial charge in [0.25, 0.3) is 5.91 Å². The molecule has 0 aliphatic heterocycles. The van der Waals surface area contributed by atoms with Gasteiger partial charge in [-0.15, -0.1) is 11.3 Å². The molecule has 106 valence electrons. The molecule has 5 heteroatoms. The molecule has 0 aliphatic rings. The Kier molecular flexibility index (Phi) is 3.58. The van der Waals surface area contributed by atoms with E-state index in [4.69, 9.17) is 4.74 Å². The van der Waals surface area contributed by atoms with Crippen LogP contribution in [0.15, 0.2) is 42.7 Å². The van der Waals surface area contributed by atoms with Gasteiger partial charge in [-0.1, -0.05) is 18.2 Å². The summed E-state index contributed by atoms with van der Waals surface area (Å²) in [5.41, 5.74) is 0.919. The fourth-order valence-electron chi connectivity index (χ4n) is 2.19.